The molecule has 0 saturated heterocycles. The summed E-state index contributed by atoms with van der Waals surface area (Å²) in [7, 11) is 0. The van der Waals surface area contributed by atoms with Crippen molar-refractivity contribution in [2.24, 2.45) is 11.5 Å². The van der Waals surface area contributed by atoms with Gasteiger partial charge >= 0.3 is 0 Å². The van der Waals surface area contributed by atoms with Gasteiger partial charge in [0.05, 0.1) is 0 Å². The molecule has 0 amide bonds. The first-order chi connectivity index (χ1) is 5.75. The molecule has 0 heterocycles. The molecule has 13 heavy (non-hydrogen) atoms. The largest absolute Gasteiger partial charge is 0.326 e. The molecule has 0 aliphatic carbocycles. The third kappa shape index (κ3) is 3.35. The normalized spacial score (nSPS) is 14.4. The molecule has 2 nitrogen and oxygen atoms in total. The second-order valence-corrected chi connectivity index (χ2v) is 3.01. The Hall–Kier alpha value is -0.570. The Morgan fingerprint density at radius 1 is 1.15 bits per heavy atom. The van der Waals surface area contributed by atoms with Crippen LogP contribution in [0.1, 0.15) is 24.9 Å². The van der Waals surface area contributed by atoms with Crippen LogP contribution in [0, 0.1) is 0 Å². The van der Waals surface area contributed by atoms with Gasteiger partial charge < -0.3 is 11.5 Å². The molecule has 0 aliphatic heterocycles. The number of rotatable bonds is 3. The lowest BCUT2D eigenvalue weighted by Gasteiger charge is -2.18. The lowest BCUT2D eigenvalue weighted by Crippen LogP contribution is -2.33. The van der Waals surface area contributed by atoms with Crippen molar-refractivity contribution in [2.75, 3.05) is 0 Å². The summed E-state index contributed by atoms with van der Waals surface area (Å²) in [5, 5.41) is 0. The second kappa shape index (κ2) is 5.97. The number of nitrogens with two attached hydrogens (primary N) is 2. The molecule has 3 heteroatoms. The van der Waals surface area contributed by atoms with E-state index in [4.69, 9.17) is 11.5 Å². The van der Waals surface area contributed by atoms with Gasteiger partial charge in [0.25, 0.3) is 0 Å². The quantitative estimate of drug-likeness (QED) is 0.783. The third-order valence-electron chi connectivity index (χ3n) is 2.12. The first-order valence-corrected chi connectivity index (χ1v) is 4.31. The Morgan fingerprint density at radius 3 is 2.15 bits per heavy atom. The van der Waals surface area contributed by atoms with Gasteiger partial charge in [-0.15, -0.1) is 12.4 Å². The number of halogens is 1. The highest BCUT2D eigenvalue weighted by Gasteiger charge is 2.11. The summed E-state index contributed by atoms with van der Waals surface area (Å²) in [6.07, 6.45) is 0.913. The Labute approximate surface area is 85.7 Å². The van der Waals surface area contributed by atoms with E-state index >= 15 is 0 Å². The first kappa shape index (κ1) is 12.4. The number of hydrogen-bond acceptors (Lipinski definition) is 2. The van der Waals surface area contributed by atoms with Crippen LogP contribution in [0.4, 0.5) is 0 Å². The number of benzene rings is 1. The molecule has 0 aromatic heterocycles. The summed E-state index contributed by atoms with van der Waals surface area (Å²) in [4.78, 5) is 0. The highest BCUT2D eigenvalue weighted by atomic mass is 35.5. The van der Waals surface area contributed by atoms with E-state index in [9.17, 15) is 0 Å². The van der Waals surface area contributed by atoms with Gasteiger partial charge in [-0.2, -0.15) is 0 Å². The van der Waals surface area contributed by atoms with Crippen molar-refractivity contribution >= 4 is 12.4 Å². The minimum atomic E-state index is -0.0313. The Balaban J connectivity index is 0.00000144. The predicted octanol–water partition coefficient (Wildman–Crippen LogP) is 1.85. The summed E-state index contributed by atoms with van der Waals surface area (Å²) in [6.45, 7) is 2.05. The molecule has 4 N–H and O–H groups in total. The molecule has 2 atom stereocenters. The molecule has 0 fully saturated rings. The topological polar surface area (TPSA) is 52.0 Å². The van der Waals surface area contributed by atoms with Gasteiger partial charge in [0.15, 0.2) is 0 Å². The molecule has 0 bridgehead atoms. The van der Waals surface area contributed by atoms with Crippen LogP contribution in [-0.4, -0.2) is 6.04 Å². The van der Waals surface area contributed by atoms with E-state index < -0.39 is 0 Å². The van der Waals surface area contributed by atoms with Crippen molar-refractivity contribution in [1.82, 2.24) is 0 Å². The van der Waals surface area contributed by atoms with Gasteiger partial charge in [-0.05, 0) is 12.0 Å². The maximum absolute atomic E-state index is 5.92. The maximum atomic E-state index is 5.92. The van der Waals surface area contributed by atoms with Crippen molar-refractivity contribution < 1.29 is 0 Å². The fourth-order valence-corrected chi connectivity index (χ4v) is 1.18. The zero-order valence-electron chi connectivity index (χ0n) is 7.81. The van der Waals surface area contributed by atoms with Crippen LogP contribution in [0.25, 0.3) is 0 Å². The highest BCUT2D eigenvalue weighted by Crippen LogP contribution is 2.13. The van der Waals surface area contributed by atoms with E-state index in [-0.39, 0.29) is 24.5 Å². The van der Waals surface area contributed by atoms with Gasteiger partial charge in [-0.3, -0.25) is 0 Å². The molecule has 1 aromatic carbocycles. The smallest absolute Gasteiger partial charge is 0.0448 e. The molecule has 1 rings (SSSR count). The zero-order chi connectivity index (χ0) is 8.97. The lowest BCUT2D eigenvalue weighted by molar-refractivity contribution is 0.532. The van der Waals surface area contributed by atoms with Crippen LogP contribution in [0.2, 0.25) is 0 Å². The van der Waals surface area contributed by atoms with E-state index in [1.807, 2.05) is 37.3 Å². The van der Waals surface area contributed by atoms with Crippen molar-refractivity contribution in [1.29, 1.82) is 0 Å². The summed E-state index contributed by atoms with van der Waals surface area (Å²) < 4.78 is 0. The van der Waals surface area contributed by atoms with E-state index in [0.717, 1.165) is 12.0 Å². The Bertz CT molecular complexity index is 226. The summed E-state index contributed by atoms with van der Waals surface area (Å²) in [6, 6.07) is 10.0. The van der Waals surface area contributed by atoms with Crippen LogP contribution in [0.5, 0.6) is 0 Å². The average molecular weight is 201 g/mol. The third-order valence-corrected chi connectivity index (χ3v) is 2.12. The van der Waals surface area contributed by atoms with Crippen molar-refractivity contribution in [3.8, 4) is 0 Å². The standard InChI is InChI=1S/C10H16N2.ClH/c1-2-9(11)10(12)8-6-4-3-5-7-8;/h3-7,9-10H,2,11-12H2,1H3;1H. The van der Waals surface area contributed by atoms with Crippen LogP contribution in [0.15, 0.2) is 30.3 Å². The van der Waals surface area contributed by atoms with Crippen molar-refractivity contribution in [3.05, 3.63) is 35.9 Å². The molecule has 2 unspecified atom stereocenters. The Morgan fingerprint density at radius 2 is 1.69 bits per heavy atom. The lowest BCUT2D eigenvalue weighted by atomic mass is 9.99. The molecule has 0 saturated carbocycles. The number of hydrogen-bond donors (Lipinski definition) is 2. The summed E-state index contributed by atoms with van der Waals surface area (Å²) in [5.74, 6) is 0. The first-order valence-electron chi connectivity index (χ1n) is 4.31. The van der Waals surface area contributed by atoms with Gasteiger partial charge in [-0.1, -0.05) is 37.3 Å². The van der Waals surface area contributed by atoms with Gasteiger partial charge in [0.2, 0.25) is 0 Å². The van der Waals surface area contributed by atoms with Gasteiger partial charge in [0, 0.05) is 12.1 Å². The highest BCUT2D eigenvalue weighted by molar-refractivity contribution is 5.85. The fraction of sp³-hybridized carbons (Fsp3) is 0.400. The average Bonchev–Trinajstić information content (AvgIpc) is 2.17. The van der Waals surface area contributed by atoms with E-state index in [2.05, 4.69) is 0 Å². The fourth-order valence-electron chi connectivity index (χ4n) is 1.18. The van der Waals surface area contributed by atoms with Gasteiger partial charge in [-0.25, -0.2) is 0 Å². The summed E-state index contributed by atoms with van der Waals surface area (Å²) >= 11 is 0. The molecule has 74 valence electrons. The minimum absolute atomic E-state index is 0. The maximum Gasteiger partial charge on any atom is 0.0448 e. The van der Waals surface area contributed by atoms with Crippen molar-refractivity contribution in [2.45, 2.75) is 25.4 Å². The van der Waals surface area contributed by atoms with Crippen molar-refractivity contribution in [3.63, 3.8) is 0 Å². The Kier molecular flexibility index (Phi) is 5.71. The summed E-state index contributed by atoms with van der Waals surface area (Å²) in [5.41, 5.74) is 12.9. The molecule has 0 spiro atoms. The van der Waals surface area contributed by atoms with Crippen LogP contribution >= 0.6 is 12.4 Å². The van der Waals surface area contributed by atoms with Crippen LogP contribution in [-0.2, 0) is 0 Å². The second-order valence-electron chi connectivity index (χ2n) is 3.01. The van der Waals surface area contributed by atoms with E-state index in [1.54, 1.807) is 0 Å². The van der Waals surface area contributed by atoms with E-state index in [0.29, 0.717) is 0 Å². The minimum Gasteiger partial charge on any atom is -0.326 e. The van der Waals surface area contributed by atoms with Gasteiger partial charge in [0.1, 0.15) is 0 Å². The molecule has 0 radical (unpaired) electrons. The SMILES string of the molecule is CCC(N)C(N)c1ccccc1.Cl. The molecule has 1 aromatic rings. The molecular weight excluding hydrogens is 184 g/mol. The van der Waals surface area contributed by atoms with Crippen LogP contribution in [0.3, 0.4) is 0 Å². The molecular formula is C10H17ClN2. The monoisotopic (exact) mass is 200 g/mol. The van der Waals surface area contributed by atoms with E-state index in [1.165, 1.54) is 0 Å². The molecule has 0 aliphatic rings. The zero-order valence-corrected chi connectivity index (χ0v) is 8.63. The van der Waals surface area contributed by atoms with Crippen LogP contribution < -0.4 is 11.5 Å². The predicted molar refractivity (Wildman–Crippen MR) is 58.9 cm³/mol.